The first-order valence-corrected chi connectivity index (χ1v) is 10.4. The number of likely N-dealkylation sites (N-methyl/N-ethyl adjacent to an activating group) is 1. The highest BCUT2D eigenvalue weighted by Crippen LogP contribution is 2.24. The third-order valence-corrected chi connectivity index (χ3v) is 5.68. The fourth-order valence-corrected chi connectivity index (χ4v) is 3.97. The van der Waals surface area contributed by atoms with Gasteiger partial charge in [-0.05, 0) is 36.2 Å². The second kappa shape index (κ2) is 9.08. The third kappa shape index (κ3) is 4.33. The van der Waals surface area contributed by atoms with Crippen LogP contribution in [0.4, 0.5) is 4.39 Å². The Kier molecular flexibility index (Phi) is 6.07. The molecule has 5 nitrogen and oxygen atoms in total. The lowest BCUT2D eigenvalue weighted by Gasteiger charge is -2.40. The number of amides is 2. The van der Waals surface area contributed by atoms with Gasteiger partial charge in [0.2, 0.25) is 5.91 Å². The van der Waals surface area contributed by atoms with Gasteiger partial charge >= 0.3 is 0 Å². The lowest BCUT2D eigenvalue weighted by molar-refractivity contribution is -0.139. The smallest absolute Gasteiger partial charge is 0.273 e. The molecule has 1 atom stereocenters. The van der Waals surface area contributed by atoms with Crippen LogP contribution in [0.2, 0.25) is 0 Å². The number of piperazine rings is 1. The highest BCUT2D eigenvalue weighted by atomic mass is 19.1. The van der Waals surface area contributed by atoms with E-state index in [1.807, 2.05) is 31.2 Å². The third-order valence-electron chi connectivity index (χ3n) is 5.68. The summed E-state index contributed by atoms with van der Waals surface area (Å²) in [6, 6.07) is 18.7. The van der Waals surface area contributed by atoms with Gasteiger partial charge in [-0.25, -0.2) is 4.39 Å². The van der Waals surface area contributed by atoms with Crippen LogP contribution >= 0.6 is 0 Å². The molecule has 0 bridgehead atoms. The van der Waals surface area contributed by atoms with Gasteiger partial charge in [-0.2, -0.15) is 0 Å². The van der Waals surface area contributed by atoms with Crippen molar-refractivity contribution in [1.29, 1.82) is 0 Å². The first-order chi connectivity index (χ1) is 15.1. The van der Waals surface area contributed by atoms with Crippen molar-refractivity contribution >= 4 is 11.8 Å². The first-order valence-electron chi connectivity index (χ1n) is 10.4. The van der Waals surface area contributed by atoms with Gasteiger partial charge < -0.3 is 9.80 Å². The molecule has 3 aromatic rings. The summed E-state index contributed by atoms with van der Waals surface area (Å²) < 4.78 is 14.1. The van der Waals surface area contributed by atoms with Crippen molar-refractivity contribution < 1.29 is 14.0 Å². The summed E-state index contributed by atoms with van der Waals surface area (Å²) in [4.78, 5) is 33.7. The van der Waals surface area contributed by atoms with Crippen molar-refractivity contribution in [3.8, 4) is 11.1 Å². The van der Waals surface area contributed by atoms with Gasteiger partial charge in [0.1, 0.15) is 17.6 Å². The number of halogens is 1. The van der Waals surface area contributed by atoms with Crippen LogP contribution in [0.5, 0.6) is 0 Å². The summed E-state index contributed by atoms with van der Waals surface area (Å²) in [5, 5.41) is 0. The van der Waals surface area contributed by atoms with E-state index in [-0.39, 0.29) is 17.6 Å². The molecule has 1 unspecified atom stereocenters. The van der Waals surface area contributed by atoms with Gasteiger partial charge in [0.05, 0.1) is 0 Å². The molecule has 0 radical (unpaired) electrons. The Balaban J connectivity index is 1.59. The molecule has 1 aliphatic heterocycles. The molecule has 1 saturated heterocycles. The minimum absolute atomic E-state index is 0.0591. The fourth-order valence-electron chi connectivity index (χ4n) is 3.97. The van der Waals surface area contributed by atoms with Crippen LogP contribution < -0.4 is 0 Å². The van der Waals surface area contributed by atoms with Crippen molar-refractivity contribution in [2.24, 2.45) is 0 Å². The van der Waals surface area contributed by atoms with Crippen molar-refractivity contribution in [2.75, 3.05) is 19.6 Å². The standard InChI is InChI=1S/C25H24FN3O2/c1-2-28-15-16-29(24(30)22-9-5-6-14-27-22)23(25(28)31)17-18-10-12-19(13-11-18)20-7-3-4-8-21(20)26/h3-14,23H,2,15-17H2,1H3. The van der Waals surface area contributed by atoms with Gasteiger partial charge in [0.15, 0.2) is 0 Å². The molecule has 1 aliphatic rings. The molecule has 158 valence electrons. The largest absolute Gasteiger partial charge is 0.339 e. The van der Waals surface area contributed by atoms with E-state index in [1.165, 1.54) is 6.07 Å². The molecule has 0 N–H and O–H groups in total. The van der Waals surface area contributed by atoms with E-state index in [9.17, 15) is 14.0 Å². The molecule has 31 heavy (non-hydrogen) atoms. The Bertz CT molecular complexity index is 1070. The number of carbonyl (C=O) groups excluding carboxylic acids is 2. The molecular weight excluding hydrogens is 393 g/mol. The Morgan fingerprint density at radius 2 is 1.77 bits per heavy atom. The van der Waals surface area contributed by atoms with E-state index >= 15 is 0 Å². The summed E-state index contributed by atoms with van der Waals surface area (Å²) in [7, 11) is 0. The molecule has 2 heterocycles. The number of hydrogen-bond acceptors (Lipinski definition) is 3. The van der Waals surface area contributed by atoms with Crippen LogP contribution in [0, 0.1) is 5.82 Å². The van der Waals surface area contributed by atoms with E-state index in [1.54, 1.807) is 52.4 Å². The predicted molar refractivity (Wildman–Crippen MR) is 117 cm³/mol. The molecule has 1 fully saturated rings. The molecule has 4 rings (SSSR count). The summed E-state index contributed by atoms with van der Waals surface area (Å²) >= 11 is 0. The Hall–Kier alpha value is -3.54. The number of nitrogens with zero attached hydrogens (tertiary/aromatic N) is 3. The zero-order valence-electron chi connectivity index (χ0n) is 17.4. The summed E-state index contributed by atoms with van der Waals surface area (Å²) in [5.74, 6) is -0.572. The Labute approximate surface area is 181 Å². The maximum Gasteiger partial charge on any atom is 0.273 e. The first kappa shape index (κ1) is 20.7. The number of carbonyl (C=O) groups is 2. The summed E-state index contributed by atoms with van der Waals surface area (Å²) in [5.41, 5.74) is 2.55. The molecular formula is C25H24FN3O2. The molecule has 0 aliphatic carbocycles. The SMILES string of the molecule is CCN1CCN(C(=O)c2ccccn2)C(Cc2ccc(-c3ccccc3F)cc2)C1=O. The predicted octanol–water partition coefficient (Wildman–Crippen LogP) is 3.80. The molecule has 6 heteroatoms. The quantitative estimate of drug-likeness (QED) is 0.635. The molecule has 2 amide bonds. The monoisotopic (exact) mass is 417 g/mol. The van der Waals surface area contributed by atoms with E-state index in [2.05, 4.69) is 4.98 Å². The summed E-state index contributed by atoms with van der Waals surface area (Å²) in [6.07, 6.45) is 1.97. The second-order valence-corrected chi connectivity index (χ2v) is 7.53. The average Bonchev–Trinajstić information content (AvgIpc) is 2.81. The Morgan fingerprint density at radius 1 is 1.03 bits per heavy atom. The maximum absolute atomic E-state index is 14.1. The van der Waals surface area contributed by atoms with Crippen LogP contribution in [0.3, 0.4) is 0 Å². The van der Waals surface area contributed by atoms with Crippen LogP contribution in [-0.2, 0) is 11.2 Å². The fraction of sp³-hybridized carbons (Fsp3) is 0.240. The lowest BCUT2D eigenvalue weighted by atomic mass is 9.97. The van der Waals surface area contributed by atoms with Gasteiger partial charge in [-0.3, -0.25) is 14.6 Å². The van der Waals surface area contributed by atoms with Gasteiger partial charge in [-0.1, -0.05) is 48.5 Å². The van der Waals surface area contributed by atoms with Gasteiger partial charge in [-0.15, -0.1) is 0 Å². The number of hydrogen-bond donors (Lipinski definition) is 0. The number of rotatable bonds is 5. The molecule has 0 spiro atoms. The van der Waals surface area contributed by atoms with Crippen LogP contribution in [-0.4, -0.2) is 52.3 Å². The second-order valence-electron chi connectivity index (χ2n) is 7.53. The minimum Gasteiger partial charge on any atom is -0.339 e. The van der Waals surface area contributed by atoms with E-state index in [0.717, 1.165) is 11.1 Å². The maximum atomic E-state index is 14.1. The normalized spacial score (nSPS) is 16.5. The van der Waals surface area contributed by atoms with Gasteiger partial charge in [0, 0.05) is 37.8 Å². The minimum atomic E-state index is -0.595. The van der Waals surface area contributed by atoms with E-state index < -0.39 is 6.04 Å². The molecule has 0 saturated carbocycles. The Morgan fingerprint density at radius 3 is 2.45 bits per heavy atom. The molecule has 2 aromatic carbocycles. The number of benzene rings is 2. The average molecular weight is 417 g/mol. The van der Waals surface area contributed by atoms with Crippen molar-refractivity contribution in [2.45, 2.75) is 19.4 Å². The van der Waals surface area contributed by atoms with E-state index in [0.29, 0.717) is 37.3 Å². The topological polar surface area (TPSA) is 53.5 Å². The highest BCUT2D eigenvalue weighted by Gasteiger charge is 2.37. The number of pyridine rings is 1. The highest BCUT2D eigenvalue weighted by molar-refractivity contribution is 5.97. The van der Waals surface area contributed by atoms with E-state index in [4.69, 9.17) is 0 Å². The lowest BCUT2D eigenvalue weighted by Crippen LogP contribution is -2.59. The summed E-state index contributed by atoms with van der Waals surface area (Å²) in [6.45, 7) is 3.52. The van der Waals surface area contributed by atoms with Gasteiger partial charge in [0.25, 0.3) is 5.91 Å². The number of aromatic nitrogens is 1. The zero-order chi connectivity index (χ0) is 21.8. The van der Waals surface area contributed by atoms with Crippen molar-refractivity contribution in [3.63, 3.8) is 0 Å². The molecule has 1 aromatic heterocycles. The van der Waals surface area contributed by atoms with Crippen molar-refractivity contribution in [1.82, 2.24) is 14.8 Å². The van der Waals surface area contributed by atoms with Crippen LogP contribution in [0.15, 0.2) is 72.9 Å². The van der Waals surface area contributed by atoms with Crippen molar-refractivity contribution in [3.05, 3.63) is 90.0 Å². The van der Waals surface area contributed by atoms with Crippen LogP contribution in [0.25, 0.3) is 11.1 Å². The van der Waals surface area contributed by atoms with Crippen LogP contribution in [0.1, 0.15) is 23.0 Å². The zero-order valence-corrected chi connectivity index (χ0v) is 17.4.